The van der Waals surface area contributed by atoms with Crippen LogP contribution in [0.2, 0.25) is 10.0 Å². The van der Waals surface area contributed by atoms with Gasteiger partial charge >= 0.3 is 0 Å². The minimum Gasteiger partial charge on any atom is -0.488 e. The highest BCUT2D eigenvalue weighted by Gasteiger charge is 2.14. The van der Waals surface area contributed by atoms with Crippen molar-refractivity contribution >= 4 is 51.6 Å². The van der Waals surface area contributed by atoms with Crippen LogP contribution in [-0.2, 0) is 11.4 Å². The molecule has 0 heterocycles. The van der Waals surface area contributed by atoms with Crippen molar-refractivity contribution in [2.24, 2.45) is 0 Å². The molecule has 0 aromatic heterocycles. The molecule has 0 bridgehead atoms. The van der Waals surface area contributed by atoms with Gasteiger partial charge in [0.05, 0.1) is 0 Å². The molecule has 162 valence electrons. The fourth-order valence-electron chi connectivity index (χ4n) is 3.35. The topological polar surface area (TPSA) is 62.1 Å². The van der Waals surface area contributed by atoms with Crippen molar-refractivity contribution in [2.45, 2.75) is 6.61 Å². The van der Waals surface area contributed by atoms with E-state index >= 15 is 0 Å². The summed E-state index contributed by atoms with van der Waals surface area (Å²) in [5.74, 6) is 0.0308. The average Bonchev–Trinajstić information content (AvgIpc) is 2.82. The van der Waals surface area contributed by atoms with Gasteiger partial charge in [-0.25, -0.2) is 0 Å². The van der Waals surface area contributed by atoms with E-state index in [4.69, 9.17) is 27.9 Å². The number of carbonyl (C=O) groups is 1. The van der Waals surface area contributed by atoms with Crippen LogP contribution in [0.25, 0.3) is 16.8 Å². The van der Waals surface area contributed by atoms with E-state index in [1.165, 1.54) is 0 Å². The number of nitrogens with one attached hydrogen (secondary N) is 1. The molecular weight excluding hydrogens is 455 g/mol. The van der Waals surface area contributed by atoms with Gasteiger partial charge in [-0.1, -0.05) is 71.7 Å². The lowest BCUT2D eigenvalue weighted by atomic mass is 10.0. The van der Waals surface area contributed by atoms with E-state index < -0.39 is 5.91 Å². The second kappa shape index (κ2) is 10.2. The summed E-state index contributed by atoms with van der Waals surface area (Å²) < 4.78 is 6.08. The van der Waals surface area contributed by atoms with Crippen LogP contribution < -0.4 is 10.1 Å². The lowest BCUT2D eigenvalue weighted by molar-refractivity contribution is -0.112. The molecule has 0 aliphatic rings. The van der Waals surface area contributed by atoms with Gasteiger partial charge < -0.3 is 10.1 Å². The molecule has 4 aromatic rings. The normalized spacial score (nSPS) is 11.1. The van der Waals surface area contributed by atoms with E-state index in [0.717, 1.165) is 16.3 Å². The first-order valence-corrected chi connectivity index (χ1v) is 10.9. The third kappa shape index (κ3) is 5.53. The summed E-state index contributed by atoms with van der Waals surface area (Å²) in [5.41, 5.74) is 2.05. The van der Waals surface area contributed by atoms with E-state index in [1.54, 1.807) is 42.5 Å². The van der Waals surface area contributed by atoms with Crippen LogP contribution in [0.15, 0.2) is 90.5 Å². The largest absolute Gasteiger partial charge is 0.488 e. The molecular formula is C27H18Cl2N2O2. The Morgan fingerprint density at radius 3 is 2.48 bits per heavy atom. The molecule has 0 saturated carbocycles. The third-order valence-corrected chi connectivity index (χ3v) is 5.46. The maximum absolute atomic E-state index is 12.8. The van der Waals surface area contributed by atoms with Crippen LogP contribution in [0.4, 0.5) is 5.69 Å². The van der Waals surface area contributed by atoms with Crippen LogP contribution in [0.5, 0.6) is 5.75 Å². The zero-order valence-electron chi connectivity index (χ0n) is 17.4. The van der Waals surface area contributed by atoms with Crippen LogP contribution in [0, 0.1) is 11.3 Å². The Morgan fingerprint density at radius 2 is 1.73 bits per heavy atom. The van der Waals surface area contributed by atoms with Crippen molar-refractivity contribution in [3.63, 3.8) is 0 Å². The molecule has 1 N–H and O–H groups in total. The molecule has 0 fully saturated rings. The highest BCUT2D eigenvalue weighted by Crippen LogP contribution is 2.31. The zero-order chi connectivity index (χ0) is 23.2. The number of benzene rings is 4. The summed E-state index contributed by atoms with van der Waals surface area (Å²) in [7, 11) is 0. The zero-order valence-corrected chi connectivity index (χ0v) is 18.9. The third-order valence-electron chi connectivity index (χ3n) is 4.97. The maximum Gasteiger partial charge on any atom is 0.266 e. The number of halogens is 2. The highest BCUT2D eigenvalue weighted by molar-refractivity contribution is 6.31. The van der Waals surface area contributed by atoms with Crippen LogP contribution in [0.1, 0.15) is 11.1 Å². The lowest BCUT2D eigenvalue weighted by Gasteiger charge is -2.13. The number of nitriles is 1. The van der Waals surface area contributed by atoms with Gasteiger partial charge in [-0.05, 0) is 58.8 Å². The molecule has 1 amide bonds. The molecule has 0 aliphatic carbocycles. The van der Waals surface area contributed by atoms with Crippen molar-refractivity contribution in [1.82, 2.24) is 0 Å². The van der Waals surface area contributed by atoms with Gasteiger partial charge in [0.25, 0.3) is 5.91 Å². The Hall–Kier alpha value is -3.78. The SMILES string of the molecule is N#C/C(=C\c1c(OCc2ccc(Cl)cc2)ccc2ccccc12)C(=O)Nc1cccc(Cl)c1. The molecule has 0 saturated heterocycles. The fraction of sp³-hybridized carbons (Fsp3) is 0.0370. The molecule has 6 heteroatoms. The van der Waals surface area contributed by atoms with Gasteiger partial charge in [0, 0.05) is 21.3 Å². The number of rotatable bonds is 6. The molecule has 0 radical (unpaired) electrons. The number of amides is 1. The van der Waals surface area contributed by atoms with Gasteiger partial charge in [0.15, 0.2) is 0 Å². The van der Waals surface area contributed by atoms with Crippen LogP contribution >= 0.6 is 23.2 Å². The van der Waals surface area contributed by atoms with Gasteiger partial charge in [-0.2, -0.15) is 5.26 Å². The molecule has 0 spiro atoms. The van der Waals surface area contributed by atoms with Crippen molar-refractivity contribution in [2.75, 3.05) is 5.32 Å². The quantitative estimate of drug-likeness (QED) is 0.237. The molecule has 4 rings (SSSR count). The van der Waals surface area contributed by atoms with E-state index in [9.17, 15) is 10.1 Å². The summed E-state index contributed by atoms with van der Waals surface area (Å²) in [6.45, 7) is 0.312. The molecule has 33 heavy (non-hydrogen) atoms. The summed E-state index contributed by atoms with van der Waals surface area (Å²) in [5, 5.41) is 15.4. The van der Waals surface area contributed by atoms with Crippen molar-refractivity contribution in [3.05, 3.63) is 112 Å². The summed E-state index contributed by atoms with van der Waals surface area (Å²) in [6, 6.07) is 27.7. The van der Waals surface area contributed by atoms with Crippen molar-refractivity contribution in [3.8, 4) is 11.8 Å². The average molecular weight is 473 g/mol. The second-order valence-electron chi connectivity index (χ2n) is 7.25. The number of carbonyl (C=O) groups excluding carboxylic acids is 1. The number of hydrogen-bond acceptors (Lipinski definition) is 3. The fourth-order valence-corrected chi connectivity index (χ4v) is 3.67. The first-order valence-electron chi connectivity index (χ1n) is 10.1. The molecule has 4 aromatic carbocycles. The molecule has 0 atom stereocenters. The first kappa shape index (κ1) is 22.4. The standard InChI is InChI=1S/C27H18Cl2N2O2/c28-21-11-8-18(9-12-21)17-33-26-13-10-19-4-1-2-7-24(19)25(26)14-20(16-30)27(32)31-23-6-3-5-22(29)15-23/h1-15H,17H2,(H,31,32)/b20-14+. The van der Waals surface area contributed by atoms with Gasteiger partial charge in [0.2, 0.25) is 0 Å². The van der Waals surface area contributed by atoms with E-state index in [1.807, 2.05) is 54.6 Å². The van der Waals surface area contributed by atoms with Gasteiger partial charge in [-0.15, -0.1) is 0 Å². The Balaban J connectivity index is 1.69. The van der Waals surface area contributed by atoms with E-state index in [0.29, 0.717) is 33.7 Å². The monoisotopic (exact) mass is 472 g/mol. The minimum atomic E-state index is -0.531. The molecule has 0 unspecified atom stereocenters. The number of nitrogens with zero attached hydrogens (tertiary/aromatic N) is 1. The van der Waals surface area contributed by atoms with Crippen molar-refractivity contribution < 1.29 is 9.53 Å². The molecule has 0 aliphatic heterocycles. The molecule has 4 nitrogen and oxygen atoms in total. The number of hydrogen-bond donors (Lipinski definition) is 1. The van der Waals surface area contributed by atoms with Crippen LogP contribution in [0.3, 0.4) is 0 Å². The number of fused-ring (bicyclic) bond motifs is 1. The highest BCUT2D eigenvalue weighted by atomic mass is 35.5. The van der Waals surface area contributed by atoms with E-state index in [2.05, 4.69) is 5.32 Å². The number of anilines is 1. The summed E-state index contributed by atoms with van der Waals surface area (Å²) in [6.07, 6.45) is 1.55. The minimum absolute atomic E-state index is 0.0531. The summed E-state index contributed by atoms with van der Waals surface area (Å²) >= 11 is 12.0. The van der Waals surface area contributed by atoms with Gasteiger partial charge in [-0.3, -0.25) is 4.79 Å². The maximum atomic E-state index is 12.8. The Kier molecular flexibility index (Phi) is 6.95. The smallest absolute Gasteiger partial charge is 0.266 e. The lowest BCUT2D eigenvalue weighted by Crippen LogP contribution is -2.13. The summed E-state index contributed by atoms with van der Waals surface area (Å²) in [4.78, 5) is 12.8. The van der Waals surface area contributed by atoms with Crippen LogP contribution in [-0.4, -0.2) is 5.91 Å². The number of ether oxygens (including phenoxy) is 1. The Bertz CT molecular complexity index is 1390. The Morgan fingerprint density at radius 1 is 0.939 bits per heavy atom. The van der Waals surface area contributed by atoms with Gasteiger partial charge in [0.1, 0.15) is 24.0 Å². The van der Waals surface area contributed by atoms with E-state index in [-0.39, 0.29) is 5.57 Å². The Labute approximate surface area is 201 Å². The van der Waals surface area contributed by atoms with Crippen molar-refractivity contribution in [1.29, 1.82) is 5.26 Å². The second-order valence-corrected chi connectivity index (χ2v) is 8.12. The first-order chi connectivity index (χ1) is 16.0. The predicted octanol–water partition coefficient (Wildman–Crippen LogP) is 7.27. The predicted molar refractivity (Wildman–Crippen MR) is 133 cm³/mol.